The van der Waals surface area contributed by atoms with Crippen molar-refractivity contribution < 1.29 is 8.78 Å². The van der Waals surface area contributed by atoms with Gasteiger partial charge in [-0.1, -0.05) is 6.08 Å². The van der Waals surface area contributed by atoms with E-state index in [1.807, 2.05) is 49.8 Å². The van der Waals surface area contributed by atoms with Crippen molar-refractivity contribution in [2.75, 3.05) is 5.32 Å². The molecule has 166 valence electrons. The molecule has 0 bridgehead atoms. The molecule has 0 unspecified atom stereocenters. The van der Waals surface area contributed by atoms with Crippen LogP contribution in [0.2, 0.25) is 0 Å². The SMILES string of the molecule is Cn1cc(C2=CN/C(=C(\C=N)c3cc(NC4CC4)cc(-c4ccc(F)cc4F)c3)C=C2)cn1. The van der Waals surface area contributed by atoms with Gasteiger partial charge in [0.15, 0.2) is 0 Å². The number of nitrogens with one attached hydrogen (secondary N) is 3. The van der Waals surface area contributed by atoms with Gasteiger partial charge in [0.25, 0.3) is 0 Å². The molecular weight excluding hydrogens is 420 g/mol. The molecule has 1 aliphatic carbocycles. The standard InChI is InChI=1S/C26H23F2N5/c1-33-15-19(14-31-33)16-2-7-26(30-13-16)24(12-29)18-8-17(9-22(10-18)32-21-4-5-21)23-6-3-20(27)11-25(23)28/h2-3,6-15,21,29-30,32H,4-5H2,1H3/b26-24+,29-12?. The Morgan fingerprint density at radius 2 is 2.00 bits per heavy atom. The molecule has 7 heteroatoms. The van der Waals surface area contributed by atoms with Gasteiger partial charge in [0.1, 0.15) is 11.6 Å². The van der Waals surface area contributed by atoms with Gasteiger partial charge in [0.2, 0.25) is 0 Å². The lowest BCUT2D eigenvalue weighted by atomic mass is 9.96. The van der Waals surface area contributed by atoms with E-state index in [1.54, 1.807) is 10.9 Å². The van der Waals surface area contributed by atoms with E-state index in [0.29, 0.717) is 22.7 Å². The van der Waals surface area contributed by atoms with E-state index in [-0.39, 0.29) is 0 Å². The zero-order valence-electron chi connectivity index (χ0n) is 18.1. The van der Waals surface area contributed by atoms with Gasteiger partial charge in [-0.05, 0) is 60.4 Å². The highest BCUT2D eigenvalue weighted by atomic mass is 19.1. The van der Waals surface area contributed by atoms with E-state index in [2.05, 4.69) is 15.7 Å². The summed E-state index contributed by atoms with van der Waals surface area (Å²) in [5.41, 5.74) is 5.94. The first-order chi connectivity index (χ1) is 16.0. The summed E-state index contributed by atoms with van der Waals surface area (Å²) in [6, 6.07) is 9.66. The van der Waals surface area contributed by atoms with Crippen molar-refractivity contribution >= 4 is 23.0 Å². The zero-order valence-corrected chi connectivity index (χ0v) is 18.1. The Labute approximate surface area is 190 Å². The highest BCUT2D eigenvalue weighted by Gasteiger charge is 2.22. The molecule has 0 atom stereocenters. The lowest BCUT2D eigenvalue weighted by Crippen LogP contribution is -2.11. The van der Waals surface area contributed by atoms with Crippen LogP contribution in [0.4, 0.5) is 14.5 Å². The molecule has 1 aliphatic heterocycles. The number of allylic oxidation sites excluding steroid dienone is 4. The fraction of sp³-hybridized carbons (Fsp3) is 0.154. The number of anilines is 1. The average Bonchev–Trinajstić information content (AvgIpc) is 3.51. The molecule has 1 aromatic heterocycles. The van der Waals surface area contributed by atoms with Crippen molar-refractivity contribution in [3.05, 3.63) is 95.6 Å². The van der Waals surface area contributed by atoms with Crippen molar-refractivity contribution in [3.63, 3.8) is 0 Å². The monoisotopic (exact) mass is 443 g/mol. The van der Waals surface area contributed by atoms with E-state index in [9.17, 15) is 8.78 Å². The number of aryl methyl sites for hydroxylation is 1. The van der Waals surface area contributed by atoms with E-state index < -0.39 is 11.6 Å². The van der Waals surface area contributed by atoms with Crippen LogP contribution in [0, 0.1) is 17.0 Å². The third kappa shape index (κ3) is 4.48. The van der Waals surface area contributed by atoms with Gasteiger partial charge in [-0.3, -0.25) is 4.68 Å². The van der Waals surface area contributed by atoms with Crippen LogP contribution in [0.5, 0.6) is 0 Å². The Morgan fingerprint density at radius 1 is 1.15 bits per heavy atom. The summed E-state index contributed by atoms with van der Waals surface area (Å²) >= 11 is 0. The number of halogens is 2. The molecule has 0 radical (unpaired) electrons. The lowest BCUT2D eigenvalue weighted by molar-refractivity contribution is 0.585. The van der Waals surface area contributed by atoms with Gasteiger partial charge in [-0.15, -0.1) is 0 Å². The van der Waals surface area contributed by atoms with Crippen LogP contribution < -0.4 is 10.6 Å². The van der Waals surface area contributed by atoms with E-state index in [1.165, 1.54) is 18.3 Å². The van der Waals surface area contributed by atoms with Gasteiger partial charge in [0.05, 0.1) is 6.20 Å². The second kappa shape index (κ2) is 8.50. The molecule has 0 saturated heterocycles. The van der Waals surface area contributed by atoms with E-state index in [4.69, 9.17) is 5.41 Å². The Morgan fingerprint density at radius 3 is 2.64 bits per heavy atom. The average molecular weight is 444 g/mol. The number of aromatic nitrogens is 2. The maximum atomic E-state index is 14.6. The van der Waals surface area contributed by atoms with Crippen LogP contribution in [0.15, 0.2) is 72.8 Å². The van der Waals surface area contributed by atoms with Crippen LogP contribution >= 0.6 is 0 Å². The van der Waals surface area contributed by atoms with Crippen LogP contribution in [0.3, 0.4) is 0 Å². The predicted molar refractivity (Wildman–Crippen MR) is 128 cm³/mol. The second-order valence-corrected chi connectivity index (χ2v) is 8.29. The highest BCUT2D eigenvalue weighted by molar-refractivity contribution is 6.11. The summed E-state index contributed by atoms with van der Waals surface area (Å²) in [5, 5.41) is 19.0. The molecule has 1 fully saturated rings. The number of nitrogens with zero attached hydrogens (tertiary/aromatic N) is 2. The first-order valence-electron chi connectivity index (χ1n) is 10.8. The number of rotatable bonds is 6. The molecule has 2 heterocycles. The minimum atomic E-state index is -0.617. The van der Waals surface area contributed by atoms with Crippen molar-refractivity contribution in [1.82, 2.24) is 15.1 Å². The third-order valence-electron chi connectivity index (χ3n) is 5.72. The fourth-order valence-electron chi connectivity index (χ4n) is 3.87. The van der Waals surface area contributed by atoms with Crippen molar-refractivity contribution in [3.8, 4) is 11.1 Å². The summed E-state index contributed by atoms with van der Waals surface area (Å²) in [4.78, 5) is 0. The van der Waals surface area contributed by atoms with Gasteiger partial charge in [-0.2, -0.15) is 5.10 Å². The largest absolute Gasteiger partial charge is 0.382 e. The first-order valence-corrected chi connectivity index (χ1v) is 10.8. The van der Waals surface area contributed by atoms with Crippen molar-refractivity contribution in [2.24, 2.45) is 7.05 Å². The summed E-state index contributed by atoms with van der Waals surface area (Å²) < 4.78 is 29.8. The molecule has 2 aliphatic rings. The van der Waals surface area contributed by atoms with Gasteiger partial charge in [-0.25, -0.2) is 8.78 Å². The molecule has 2 aromatic carbocycles. The molecule has 0 spiro atoms. The summed E-state index contributed by atoms with van der Waals surface area (Å²) in [7, 11) is 1.87. The molecular formula is C26H23F2N5. The van der Waals surface area contributed by atoms with Gasteiger partial charge in [0, 0.05) is 71.4 Å². The fourth-order valence-corrected chi connectivity index (χ4v) is 3.87. The highest BCUT2D eigenvalue weighted by Crippen LogP contribution is 2.33. The summed E-state index contributed by atoms with van der Waals surface area (Å²) in [6.07, 6.45) is 13.0. The Balaban J connectivity index is 1.54. The quantitative estimate of drug-likeness (QED) is 0.441. The van der Waals surface area contributed by atoms with Crippen LogP contribution in [0.1, 0.15) is 24.0 Å². The smallest absolute Gasteiger partial charge is 0.133 e. The molecule has 1 saturated carbocycles. The lowest BCUT2D eigenvalue weighted by Gasteiger charge is -2.17. The molecule has 3 aromatic rings. The van der Waals surface area contributed by atoms with Crippen LogP contribution in [-0.2, 0) is 7.05 Å². The minimum Gasteiger partial charge on any atom is -0.382 e. The number of hydrogen-bond donors (Lipinski definition) is 3. The summed E-state index contributed by atoms with van der Waals surface area (Å²) in [5.74, 6) is -1.23. The predicted octanol–water partition coefficient (Wildman–Crippen LogP) is 5.50. The Kier molecular flexibility index (Phi) is 5.38. The number of benzene rings is 2. The van der Waals surface area contributed by atoms with Crippen molar-refractivity contribution in [2.45, 2.75) is 18.9 Å². The normalized spacial score (nSPS) is 16.8. The van der Waals surface area contributed by atoms with Gasteiger partial charge < -0.3 is 16.0 Å². The molecule has 5 rings (SSSR count). The third-order valence-corrected chi connectivity index (χ3v) is 5.72. The topological polar surface area (TPSA) is 65.7 Å². The summed E-state index contributed by atoms with van der Waals surface area (Å²) in [6.45, 7) is 0. The Hall–Kier alpha value is -4.00. The first kappa shape index (κ1) is 20.9. The molecule has 3 N–H and O–H groups in total. The van der Waals surface area contributed by atoms with Gasteiger partial charge >= 0.3 is 0 Å². The molecule has 33 heavy (non-hydrogen) atoms. The number of dihydropyridines is 1. The van der Waals surface area contributed by atoms with Crippen molar-refractivity contribution in [1.29, 1.82) is 5.41 Å². The number of hydrogen-bond acceptors (Lipinski definition) is 4. The maximum absolute atomic E-state index is 14.6. The van der Waals surface area contributed by atoms with E-state index >= 15 is 0 Å². The minimum absolute atomic E-state index is 0.317. The molecule has 0 amide bonds. The maximum Gasteiger partial charge on any atom is 0.133 e. The molecule has 5 nitrogen and oxygen atoms in total. The van der Waals surface area contributed by atoms with Crippen LogP contribution in [0.25, 0.3) is 22.3 Å². The zero-order chi connectivity index (χ0) is 22.9. The Bertz CT molecular complexity index is 1330. The second-order valence-electron chi connectivity index (χ2n) is 8.29. The van der Waals surface area contributed by atoms with E-state index in [0.717, 1.165) is 47.0 Å². The van der Waals surface area contributed by atoms with Crippen LogP contribution in [-0.4, -0.2) is 22.0 Å².